The van der Waals surface area contributed by atoms with Gasteiger partial charge in [0.1, 0.15) is 17.5 Å². The zero-order chi connectivity index (χ0) is 16.9. The van der Waals surface area contributed by atoms with Gasteiger partial charge in [0.25, 0.3) is 0 Å². The summed E-state index contributed by atoms with van der Waals surface area (Å²) in [5, 5.41) is 35.3. The quantitative estimate of drug-likeness (QED) is 0.665. The molecule has 2 saturated carbocycles. The van der Waals surface area contributed by atoms with Crippen molar-refractivity contribution < 1.29 is 10.2 Å². The summed E-state index contributed by atoms with van der Waals surface area (Å²) in [6.45, 7) is 0. The Hall–Kier alpha value is -1.91. The second kappa shape index (κ2) is 7.77. The van der Waals surface area contributed by atoms with Crippen LogP contribution in [0.3, 0.4) is 0 Å². The van der Waals surface area contributed by atoms with Crippen molar-refractivity contribution in [2.45, 2.75) is 75.7 Å². The van der Waals surface area contributed by atoms with Gasteiger partial charge in [-0.2, -0.15) is 10.2 Å². The molecule has 0 spiro atoms. The van der Waals surface area contributed by atoms with Crippen LogP contribution in [0.15, 0.2) is 6.20 Å². The molecule has 2 aliphatic carbocycles. The first-order chi connectivity index (χ1) is 11.6. The molecular formula is C17H25N5O2. The summed E-state index contributed by atoms with van der Waals surface area (Å²) in [5.41, 5.74) is 0.416. The molecule has 0 aromatic carbocycles. The molecule has 1 aromatic heterocycles. The minimum Gasteiger partial charge on any atom is -0.393 e. The summed E-state index contributed by atoms with van der Waals surface area (Å²) < 4.78 is 0. The van der Waals surface area contributed by atoms with Gasteiger partial charge in [-0.3, -0.25) is 0 Å². The van der Waals surface area contributed by atoms with Crippen LogP contribution in [-0.4, -0.2) is 44.5 Å². The van der Waals surface area contributed by atoms with E-state index in [1.807, 2.05) is 0 Å². The van der Waals surface area contributed by atoms with Crippen LogP contribution in [0.25, 0.3) is 0 Å². The second-order valence-corrected chi connectivity index (χ2v) is 6.88. The average molecular weight is 331 g/mol. The zero-order valence-electron chi connectivity index (χ0n) is 13.8. The van der Waals surface area contributed by atoms with Gasteiger partial charge in [-0.15, -0.1) is 0 Å². The van der Waals surface area contributed by atoms with E-state index in [0.29, 0.717) is 23.8 Å². The summed E-state index contributed by atoms with van der Waals surface area (Å²) in [6.07, 6.45) is 7.88. The lowest BCUT2D eigenvalue weighted by molar-refractivity contribution is 0.124. The smallest absolute Gasteiger partial charge is 0.224 e. The van der Waals surface area contributed by atoms with Gasteiger partial charge < -0.3 is 20.8 Å². The van der Waals surface area contributed by atoms with Gasteiger partial charge in [-0.25, -0.2) is 4.98 Å². The number of nitrogens with one attached hydrogen (secondary N) is 2. The van der Waals surface area contributed by atoms with E-state index in [0.717, 1.165) is 44.9 Å². The van der Waals surface area contributed by atoms with Crippen molar-refractivity contribution >= 4 is 11.8 Å². The van der Waals surface area contributed by atoms with Crippen LogP contribution in [0, 0.1) is 11.3 Å². The highest BCUT2D eigenvalue weighted by molar-refractivity contribution is 5.54. The van der Waals surface area contributed by atoms with Crippen LogP contribution in [0.2, 0.25) is 0 Å². The standard InChI is InChI=1S/C17H25N5O2/c18-9-11-10-19-17(21-12-4-6-14(23)7-5-12)22-16(11)20-13-2-1-3-15(24)8-13/h10,12-15,23-24H,1-8H2,(H2,19,20,21,22)/t12-,13-,14-,15+/m1/s1. The molecule has 7 nitrogen and oxygen atoms in total. The van der Waals surface area contributed by atoms with E-state index >= 15 is 0 Å². The maximum atomic E-state index is 9.81. The summed E-state index contributed by atoms with van der Waals surface area (Å²) in [4.78, 5) is 8.71. The molecule has 2 aliphatic rings. The number of aliphatic hydroxyl groups excluding tert-OH is 2. The lowest BCUT2D eigenvalue weighted by Crippen LogP contribution is -2.31. The first-order valence-electron chi connectivity index (χ1n) is 8.80. The van der Waals surface area contributed by atoms with Gasteiger partial charge in [-0.1, -0.05) is 0 Å². The van der Waals surface area contributed by atoms with Crippen molar-refractivity contribution in [3.05, 3.63) is 11.8 Å². The second-order valence-electron chi connectivity index (χ2n) is 6.88. The topological polar surface area (TPSA) is 114 Å². The van der Waals surface area contributed by atoms with Crippen molar-refractivity contribution in [2.75, 3.05) is 10.6 Å². The third-order valence-corrected chi connectivity index (χ3v) is 4.93. The molecule has 2 atom stereocenters. The predicted molar refractivity (Wildman–Crippen MR) is 90.5 cm³/mol. The highest BCUT2D eigenvalue weighted by atomic mass is 16.3. The molecule has 7 heteroatoms. The highest BCUT2D eigenvalue weighted by Crippen LogP contribution is 2.25. The molecule has 0 radical (unpaired) electrons. The van der Waals surface area contributed by atoms with Crippen molar-refractivity contribution in [1.29, 1.82) is 5.26 Å². The Bertz CT molecular complexity index is 595. The molecule has 0 aliphatic heterocycles. The minimum absolute atomic E-state index is 0.133. The molecule has 2 fully saturated rings. The number of aromatic nitrogens is 2. The highest BCUT2D eigenvalue weighted by Gasteiger charge is 2.23. The number of aliphatic hydroxyl groups is 2. The van der Waals surface area contributed by atoms with Gasteiger partial charge in [0.2, 0.25) is 5.95 Å². The molecular weight excluding hydrogens is 306 g/mol. The number of anilines is 2. The Labute approximate surface area is 142 Å². The van der Waals surface area contributed by atoms with Crippen LogP contribution >= 0.6 is 0 Å². The lowest BCUT2D eigenvalue weighted by atomic mass is 9.93. The van der Waals surface area contributed by atoms with E-state index in [-0.39, 0.29) is 24.3 Å². The molecule has 0 unspecified atom stereocenters. The Morgan fingerprint density at radius 2 is 1.79 bits per heavy atom. The minimum atomic E-state index is -0.283. The van der Waals surface area contributed by atoms with Crippen LogP contribution in [-0.2, 0) is 0 Å². The third-order valence-electron chi connectivity index (χ3n) is 4.93. The van der Waals surface area contributed by atoms with Gasteiger partial charge in [0.05, 0.1) is 18.4 Å². The van der Waals surface area contributed by atoms with Crippen LogP contribution in [0.1, 0.15) is 56.9 Å². The molecule has 130 valence electrons. The van der Waals surface area contributed by atoms with Crippen LogP contribution in [0.4, 0.5) is 11.8 Å². The van der Waals surface area contributed by atoms with Gasteiger partial charge >= 0.3 is 0 Å². The van der Waals surface area contributed by atoms with Crippen molar-refractivity contribution in [3.8, 4) is 6.07 Å². The Morgan fingerprint density at radius 3 is 2.50 bits per heavy atom. The molecule has 0 bridgehead atoms. The van der Waals surface area contributed by atoms with E-state index in [2.05, 4.69) is 26.7 Å². The summed E-state index contributed by atoms with van der Waals surface area (Å²) in [6, 6.07) is 2.51. The molecule has 0 amide bonds. The number of rotatable bonds is 4. The van der Waals surface area contributed by atoms with E-state index < -0.39 is 0 Å². The van der Waals surface area contributed by atoms with Gasteiger partial charge in [0, 0.05) is 12.1 Å². The lowest BCUT2D eigenvalue weighted by Gasteiger charge is -2.28. The van der Waals surface area contributed by atoms with E-state index in [4.69, 9.17) is 0 Å². The maximum Gasteiger partial charge on any atom is 0.224 e. The van der Waals surface area contributed by atoms with E-state index in [1.54, 1.807) is 0 Å². The molecule has 1 heterocycles. The van der Waals surface area contributed by atoms with Crippen LogP contribution in [0.5, 0.6) is 0 Å². The zero-order valence-corrected chi connectivity index (χ0v) is 13.8. The monoisotopic (exact) mass is 331 g/mol. The summed E-state index contributed by atoms with van der Waals surface area (Å²) in [5.74, 6) is 1.04. The van der Waals surface area contributed by atoms with E-state index in [1.165, 1.54) is 6.20 Å². The average Bonchev–Trinajstić information content (AvgIpc) is 2.57. The van der Waals surface area contributed by atoms with Gasteiger partial charge in [0.15, 0.2) is 0 Å². The molecule has 1 aromatic rings. The Kier molecular flexibility index (Phi) is 5.48. The largest absolute Gasteiger partial charge is 0.393 e. The Morgan fingerprint density at radius 1 is 1.00 bits per heavy atom. The third kappa shape index (κ3) is 4.34. The number of nitrogens with zero attached hydrogens (tertiary/aromatic N) is 3. The van der Waals surface area contributed by atoms with Crippen molar-refractivity contribution in [1.82, 2.24) is 9.97 Å². The fourth-order valence-electron chi connectivity index (χ4n) is 3.53. The van der Waals surface area contributed by atoms with E-state index in [9.17, 15) is 15.5 Å². The predicted octanol–water partition coefficient (Wildman–Crippen LogP) is 1.78. The summed E-state index contributed by atoms with van der Waals surface area (Å²) >= 11 is 0. The molecule has 24 heavy (non-hydrogen) atoms. The molecule has 3 rings (SSSR count). The first-order valence-corrected chi connectivity index (χ1v) is 8.80. The Balaban J connectivity index is 1.67. The fourth-order valence-corrected chi connectivity index (χ4v) is 3.53. The SMILES string of the molecule is N#Cc1cnc(N[C@H]2CC[C@H](O)CC2)nc1N[C@@H]1CCC[C@H](O)C1. The normalized spacial score (nSPS) is 30.4. The van der Waals surface area contributed by atoms with Crippen LogP contribution < -0.4 is 10.6 Å². The first kappa shape index (κ1) is 16.9. The number of hydrogen-bond acceptors (Lipinski definition) is 7. The molecule has 4 N–H and O–H groups in total. The van der Waals surface area contributed by atoms with Crippen molar-refractivity contribution in [3.63, 3.8) is 0 Å². The number of hydrogen-bond donors (Lipinski definition) is 4. The maximum absolute atomic E-state index is 9.81. The van der Waals surface area contributed by atoms with Crippen molar-refractivity contribution in [2.24, 2.45) is 0 Å². The summed E-state index contributed by atoms with van der Waals surface area (Å²) in [7, 11) is 0. The van der Waals surface area contributed by atoms with Gasteiger partial charge in [-0.05, 0) is 51.4 Å². The molecule has 0 saturated heterocycles. The number of nitriles is 1. The fraction of sp³-hybridized carbons (Fsp3) is 0.706.